The van der Waals surface area contributed by atoms with E-state index < -0.39 is 6.10 Å². The highest BCUT2D eigenvalue weighted by atomic mass is 32.2. The van der Waals surface area contributed by atoms with Crippen LogP contribution in [0, 0.1) is 25.2 Å². The molecule has 1 N–H and O–H groups in total. The molecule has 0 aliphatic carbocycles. The van der Waals surface area contributed by atoms with E-state index in [0.29, 0.717) is 29.6 Å². The first-order valence-electron chi connectivity index (χ1n) is 5.85. The van der Waals surface area contributed by atoms with Gasteiger partial charge in [0.1, 0.15) is 11.1 Å². The second kappa shape index (κ2) is 7.37. The van der Waals surface area contributed by atoms with Crippen molar-refractivity contribution in [2.24, 2.45) is 0 Å². The summed E-state index contributed by atoms with van der Waals surface area (Å²) in [6.45, 7) is 6.59. The standard InChI is InChI=1S/C13H18N2O2S/c1-4-17-7-11(16)8-18-13-12(6-14)9(2)5-10(3)15-13/h5,11,16H,4,7-8H2,1-3H3/t11-/m0/s1. The Kier molecular flexibility index (Phi) is 6.13. The number of ether oxygens (including phenoxy) is 1. The lowest BCUT2D eigenvalue weighted by atomic mass is 10.1. The molecule has 0 aliphatic heterocycles. The minimum atomic E-state index is -0.538. The van der Waals surface area contributed by atoms with Gasteiger partial charge in [-0.25, -0.2) is 4.98 Å². The minimum Gasteiger partial charge on any atom is -0.390 e. The van der Waals surface area contributed by atoms with Crippen molar-refractivity contribution in [2.75, 3.05) is 19.0 Å². The second-order valence-corrected chi connectivity index (χ2v) is 5.01. The number of nitrogens with zero attached hydrogens (tertiary/aromatic N) is 2. The van der Waals surface area contributed by atoms with Gasteiger partial charge in [0.05, 0.1) is 18.3 Å². The zero-order valence-corrected chi connectivity index (χ0v) is 11.8. The van der Waals surface area contributed by atoms with Crippen molar-refractivity contribution < 1.29 is 9.84 Å². The summed E-state index contributed by atoms with van der Waals surface area (Å²) in [5.74, 6) is 0.477. The lowest BCUT2D eigenvalue weighted by Gasteiger charge is -2.11. The van der Waals surface area contributed by atoms with E-state index in [4.69, 9.17) is 10.00 Å². The van der Waals surface area contributed by atoms with E-state index in [2.05, 4.69) is 11.1 Å². The number of aliphatic hydroxyl groups excluding tert-OH is 1. The van der Waals surface area contributed by atoms with Crippen LogP contribution in [0.3, 0.4) is 0 Å². The molecule has 18 heavy (non-hydrogen) atoms. The Labute approximate surface area is 112 Å². The number of pyridine rings is 1. The van der Waals surface area contributed by atoms with Crippen LogP contribution in [-0.2, 0) is 4.74 Å². The fourth-order valence-electron chi connectivity index (χ4n) is 1.52. The van der Waals surface area contributed by atoms with E-state index in [1.807, 2.05) is 26.8 Å². The normalized spacial score (nSPS) is 12.2. The lowest BCUT2D eigenvalue weighted by molar-refractivity contribution is 0.0551. The molecule has 0 spiro atoms. The maximum atomic E-state index is 9.69. The molecule has 0 amide bonds. The predicted molar refractivity (Wildman–Crippen MR) is 71.6 cm³/mol. The monoisotopic (exact) mass is 266 g/mol. The molecule has 98 valence electrons. The van der Waals surface area contributed by atoms with Gasteiger partial charge in [0.2, 0.25) is 0 Å². The topological polar surface area (TPSA) is 66.1 Å². The summed E-state index contributed by atoms with van der Waals surface area (Å²) in [6.07, 6.45) is -0.538. The van der Waals surface area contributed by atoms with Gasteiger partial charge in [0.25, 0.3) is 0 Å². The Morgan fingerprint density at radius 1 is 1.56 bits per heavy atom. The largest absolute Gasteiger partial charge is 0.390 e. The molecule has 0 aliphatic rings. The number of hydrogen-bond donors (Lipinski definition) is 1. The summed E-state index contributed by atoms with van der Waals surface area (Å²) < 4.78 is 5.14. The van der Waals surface area contributed by atoms with Crippen LogP contribution in [0.4, 0.5) is 0 Å². The predicted octanol–water partition coefficient (Wildman–Crippen LogP) is 2.06. The molecule has 1 heterocycles. The molecule has 0 saturated heterocycles. The van der Waals surface area contributed by atoms with Gasteiger partial charge in [0, 0.05) is 18.1 Å². The fourth-order valence-corrected chi connectivity index (χ4v) is 2.53. The van der Waals surface area contributed by atoms with Crippen molar-refractivity contribution in [3.05, 3.63) is 22.9 Å². The average molecular weight is 266 g/mol. The van der Waals surface area contributed by atoms with Crippen LogP contribution in [0.5, 0.6) is 0 Å². The van der Waals surface area contributed by atoms with Crippen LogP contribution in [0.2, 0.25) is 0 Å². The van der Waals surface area contributed by atoms with Crippen LogP contribution in [-0.4, -0.2) is 35.2 Å². The van der Waals surface area contributed by atoms with Crippen molar-refractivity contribution in [1.29, 1.82) is 5.26 Å². The van der Waals surface area contributed by atoms with E-state index in [1.54, 1.807) is 0 Å². The average Bonchev–Trinajstić information content (AvgIpc) is 2.33. The first kappa shape index (κ1) is 15.0. The highest BCUT2D eigenvalue weighted by Gasteiger charge is 2.12. The molecule has 1 atom stereocenters. The molecule has 4 nitrogen and oxygen atoms in total. The quantitative estimate of drug-likeness (QED) is 0.798. The van der Waals surface area contributed by atoms with Gasteiger partial charge in [-0.2, -0.15) is 5.26 Å². The zero-order chi connectivity index (χ0) is 13.5. The molecular formula is C13H18N2O2S. The van der Waals surface area contributed by atoms with Crippen molar-refractivity contribution in [3.63, 3.8) is 0 Å². The van der Waals surface area contributed by atoms with Crippen molar-refractivity contribution >= 4 is 11.8 Å². The molecular weight excluding hydrogens is 248 g/mol. The maximum absolute atomic E-state index is 9.69. The summed E-state index contributed by atoms with van der Waals surface area (Å²) in [7, 11) is 0. The van der Waals surface area contributed by atoms with Gasteiger partial charge in [-0.05, 0) is 32.4 Å². The van der Waals surface area contributed by atoms with Crippen LogP contribution in [0.15, 0.2) is 11.1 Å². The maximum Gasteiger partial charge on any atom is 0.114 e. The smallest absolute Gasteiger partial charge is 0.114 e. The molecule has 0 unspecified atom stereocenters. The summed E-state index contributed by atoms with van der Waals surface area (Å²) >= 11 is 1.39. The van der Waals surface area contributed by atoms with E-state index in [1.165, 1.54) is 11.8 Å². The molecule has 0 saturated carbocycles. The Bertz CT molecular complexity index is 443. The van der Waals surface area contributed by atoms with Crippen molar-refractivity contribution in [1.82, 2.24) is 4.98 Å². The molecule has 0 aromatic carbocycles. The summed E-state index contributed by atoms with van der Waals surface area (Å²) in [5.41, 5.74) is 2.40. The number of nitriles is 1. The number of hydrogen-bond acceptors (Lipinski definition) is 5. The van der Waals surface area contributed by atoms with Gasteiger partial charge < -0.3 is 9.84 Å². The van der Waals surface area contributed by atoms with Crippen molar-refractivity contribution in [3.8, 4) is 6.07 Å². The highest BCUT2D eigenvalue weighted by Crippen LogP contribution is 2.24. The number of aliphatic hydroxyl groups is 1. The second-order valence-electron chi connectivity index (χ2n) is 4.00. The lowest BCUT2D eigenvalue weighted by Crippen LogP contribution is -2.18. The van der Waals surface area contributed by atoms with Gasteiger partial charge >= 0.3 is 0 Å². The Morgan fingerprint density at radius 3 is 2.89 bits per heavy atom. The molecule has 0 radical (unpaired) electrons. The van der Waals surface area contributed by atoms with E-state index in [-0.39, 0.29) is 0 Å². The fraction of sp³-hybridized carbons (Fsp3) is 0.538. The number of rotatable bonds is 6. The Balaban J connectivity index is 2.70. The van der Waals surface area contributed by atoms with E-state index in [9.17, 15) is 5.11 Å². The van der Waals surface area contributed by atoms with Crippen LogP contribution in [0.1, 0.15) is 23.7 Å². The highest BCUT2D eigenvalue weighted by molar-refractivity contribution is 7.99. The third-order valence-corrected chi connectivity index (χ3v) is 3.47. The molecule has 1 aromatic rings. The van der Waals surface area contributed by atoms with Crippen molar-refractivity contribution in [2.45, 2.75) is 31.9 Å². The Hall–Kier alpha value is -1.09. The summed E-state index contributed by atoms with van der Waals surface area (Å²) in [5, 5.41) is 19.5. The van der Waals surface area contributed by atoms with Gasteiger partial charge in [-0.3, -0.25) is 0 Å². The molecule has 1 rings (SSSR count). The molecule has 1 aromatic heterocycles. The minimum absolute atomic E-state index is 0.316. The molecule has 5 heteroatoms. The SMILES string of the molecule is CCOC[C@H](O)CSc1nc(C)cc(C)c1C#N. The van der Waals surface area contributed by atoms with Crippen LogP contribution in [0.25, 0.3) is 0 Å². The van der Waals surface area contributed by atoms with Gasteiger partial charge in [0.15, 0.2) is 0 Å². The Morgan fingerprint density at radius 2 is 2.28 bits per heavy atom. The zero-order valence-electron chi connectivity index (χ0n) is 10.9. The number of aromatic nitrogens is 1. The molecule has 0 fully saturated rings. The van der Waals surface area contributed by atoms with E-state index >= 15 is 0 Å². The summed E-state index contributed by atoms with van der Waals surface area (Å²) in [4.78, 5) is 4.35. The third kappa shape index (κ3) is 4.30. The first-order valence-corrected chi connectivity index (χ1v) is 6.84. The van der Waals surface area contributed by atoms with E-state index in [0.717, 1.165) is 11.3 Å². The number of aryl methyl sites for hydroxylation is 2. The summed E-state index contributed by atoms with van der Waals surface area (Å²) in [6, 6.07) is 4.05. The third-order valence-electron chi connectivity index (χ3n) is 2.35. The number of thioether (sulfide) groups is 1. The molecule has 0 bridgehead atoms. The first-order chi connectivity index (χ1) is 8.58. The van der Waals surface area contributed by atoms with Crippen LogP contribution < -0.4 is 0 Å². The van der Waals surface area contributed by atoms with Gasteiger partial charge in [-0.15, -0.1) is 11.8 Å². The van der Waals surface area contributed by atoms with Gasteiger partial charge in [-0.1, -0.05) is 0 Å². The van der Waals surface area contributed by atoms with Crippen LogP contribution >= 0.6 is 11.8 Å².